The Labute approximate surface area is 188 Å². The highest BCUT2D eigenvalue weighted by Crippen LogP contribution is 2.32. The first kappa shape index (κ1) is 25.6. The maximum Gasteiger partial charge on any atom is 0.339 e. The maximum absolute atomic E-state index is 11.8. The van der Waals surface area contributed by atoms with Crippen molar-refractivity contribution in [2.24, 2.45) is 0 Å². The van der Waals surface area contributed by atoms with Gasteiger partial charge >= 0.3 is 29.8 Å². The number of carboxylic acids is 1. The van der Waals surface area contributed by atoms with E-state index in [0.29, 0.717) is 0 Å². The van der Waals surface area contributed by atoms with E-state index < -0.39 is 67.2 Å². The Morgan fingerprint density at radius 3 is 1.91 bits per heavy atom. The van der Waals surface area contributed by atoms with Gasteiger partial charge in [-0.15, -0.1) is 0 Å². The molecule has 0 amide bonds. The van der Waals surface area contributed by atoms with Crippen LogP contribution in [0, 0.1) is 0 Å². The zero-order chi connectivity index (χ0) is 24.7. The van der Waals surface area contributed by atoms with E-state index in [1.807, 2.05) is 0 Å². The molecule has 1 heterocycles. The molecule has 1 aliphatic rings. The van der Waals surface area contributed by atoms with Crippen molar-refractivity contribution in [3.05, 3.63) is 29.8 Å². The molecule has 1 saturated heterocycles. The Morgan fingerprint density at radius 1 is 0.818 bits per heavy atom. The fraction of sp³-hybridized carbons (Fsp3) is 0.476. The van der Waals surface area contributed by atoms with Crippen LogP contribution in [0.2, 0.25) is 0 Å². The predicted octanol–water partition coefficient (Wildman–Crippen LogP) is 0.847. The van der Waals surface area contributed by atoms with Crippen LogP contribution in [0.4, 0.5) is 0 Å². The molecular formula is C21H24O12. The van der Waals surface area contributed by atoms with Gasteiger partial charge in [0.05, 0.1) is 0 Å². The van der Waals surface area contributed by atoms with Gasteiger partial charge in [0.1, 0.15) is 24.0 Å². The number of hydrogen-bond donors (Lipinski definition) is 1. The van der Waals surface area contributed by atoms with Crippen LogP contribution in [0.3, 0.4) is 0 Å². The number of rotatable bonds is 8. The number of hydrogen-bond acceptors (Lipinski definition) is 11. The fourth-order valence-corrected chi connectivity index (χ4v) is 3.15. The minimum absolute atomic E-state index is 0.133. The summed E-state index contributed by atoms with van der Waals surface area (Å²) in [4.78, 5) is 58.2. The van der Waals surface area contributed by atoms with Gasteiger partial charge in [-0.1, -0.05) is 12.1 Å². The van der Waals surface area contributed by atoms with E-state index in [-0.39, 0.29) is 11.3 Å². The molecule has 1 fully saturated rings. The molecule has 0 unspecified atom stereocenters. The highest BCUT2D eigenvalue weighted by atomic mass is 16.7. The summed E-state index contributed by atoms with van der Waals surface area (Å²) < 4.78 is 32.3. The van der Waals surface area contributed by atoms with Gasteiger partial charge in [-0.2, -0.15) is 0 Å². The van der Waals surface area contributed by atoms with Crippen molar-refractivity contribution in [2.75, 3.05) is 6.61 Å². The van der Waals surface area contributed by atoms with Crippen LogP contribution < -0.4 is 4.74 Å². The molecule has 0 aliphatic carbocycles. The van der Waals surface area contributed by atoms with Crippen molar-refractivity contribution >= 4 is 29.8 Å². The second-order valence-electron chi connectivity index (χ2n) is 6.99. The van der Waals surface area contributed by atoms with E-state index in [2.05, 4.69) is 0 Å². The Balaban J connectivity index is 2.51. The summed E-state index contributed by atoms with van der Waals surface area (Å²) in [6.07, 6.45) is -6.97. The second kappa shape index (κ2) is 11.3. The zero-order valence-electron chi connectivity index (χ0n) is 18.3. The molecule has 1 aliphatic heterocycles. The molecule has 180 valence electrons. The Hall–Kier alpha value is -3.67. The number of carbonyl (C=O) groups excluding carboxylic acids is 4. The molecule has 0 spiro atoms. The number of para-hydroxylation sites is 1. The molecule has 0 bridgehead atoms. The first-order chi connectivity index (χ1) is 15.5. The molecule has 1 aromatic carbocycles. The van der Waals surface area contributed by atoms with Crippen LogP contribution >= 0.6 is 0 Å². The van der Waals surface area contributed by atoms with Gasteiger partial charge in [-0.3, -0.25) is 19.2 Å². The van der Waals surface area contributed by atoms with Gasteiger partial charge in [-0.05, 0) is 12.1 Å². The van der Waals surface area contributed by atoms with Crippen molar-refractivity contribution in [2.45, 2.75) is 58.4 Å². The molecule has 0 saturated carbocycles. The molecule has 5 atom stereocenters. The molecular weight excluding hydrogens is 444 g/mol. The smallest absolute Gasteiger partial charge is 0.339 e. The lowest BCUT2D eigenvalue weighted by Crippen LogP contribution is -2.63. The van der Waals surface area contributed by atoms with Crippen molar-refractivity contribution in [3.8, 4) is 5.75 Å². The Bertz CT molecular complexity index is 910. The van der Waals surface area contributed by atoms with Gasteiger partial charge in [0.2, 0.25) is 12.4 Å². The van der Waals surface area contributed by atoms with Crippen molar-refractivity contribution in [3.63, 3.8) is 0 Å². The summed E-state index contributed by atoms with van der Waals surface area (Å²) in [7, 11) is 0. The second-order valence-corrected chi connectivity index (χ2v) is 6.99. The molecule has 1 N–H and O–H groups in total. The predicted molar refractivity (Wildman–Crippen MR) is 106 cm³/mol. The molecule has 1 aromatic rings. The third kappa shape index (κ3) is 7.17. The number of esters is 4. The van der Waals surface area contributed by atoms with Crippen molar-refractivity contribution in [1.29, 1.82) is 0 Å². The first-order valence-corrected chi connectivity index (χ1v) is 9.79. The van der Waals surface area contributed by atoms with Gasteiger partial charge < -0.3 is 33.5 Å². The van der Waals surface area contributed by atoms with E-state index in [1.54, 1.807) is 0 Å². The Morgan fingerprint density at radius 2 is 1.36 bits per heavy atom. The average molecular weight is 468 g/mol. The maximum atomic E-state index is 11.8. The lowest BCUT2D eigenvalue weighted by Gasteiger charge is -2.44. The normalized spacial score (nSPS) is 24.2. The molecule has 0 radical (unpaired) electrons. The summed E-state index contributed by atoms with van der Waals surface area (Å²) in [5.74, 6) is -4.47. The summed E-state index contributed by atoms with van der Waals surface area (Å²) in [5, 5.41) is 9.43. The van der Waals surface area contributed by atoms with E-state index in [0.717, 1.165) is 27.7 Å². The molecule has 33 heavy (non-hydrogen) atoms. The van der Waals surface area contributed by atoms with Gasteiger partial charge in [-0.25, -0.2) is 4.79 Å². The number of aromatic carboxylic acids is 1. The third-order valence-electron chi connectivity index (χ3n) is 4.31. The van der Waals surface area contributed by atoms with E-state index in [1.165, 1.54) is 24.3 Å². The molecule has 0 aromatic heterocycles. The van der Waals surface area contributed by atoms with Gasteiger partial charge in [0.15, 0.2) is 12.2 Å². The van der Waals surface area contributed by atoms with Crippen LogP contribution in [0.5, 0.6) is 5.75 Å². The summed E-state index contributed by atoms with van der Waals surface area (Å²) in [6, 6.07) is 5.61. The molecule has 12 nitrogen and oxygen atoms in total. The summed E-state index contributed by atoms with van der Waals surface area (Å²) in [6.45, 7) is 3.98. The SMILES string of the molecule is CC(=O)OC[C@H]1O[C@H](Oc2ccccc2C(=O)O)[C@@H](OC(C)=O)[C@H](OC(C)=O)[C@@H]1OC(C)=O. The van der Waals surface area contributed by atoms with Crippen LogP contribution in [-0.4, -0.2) is 72.3 Å². The van der Waals surface area contributed by atoms with E-state index in [9.17, 15) is 29.1 Å². The average Bonchev–Trinajstić information content (AvgIpc) is 2.70. The minimum Gasteiger partial charge on any atom is -0.478 e. The highest BCUT2D eigenvalue weighted by Gasteiger charge is 2.53. The largest absolute Gasteiger partial charge is 0.478 e. The quantitative estimate of drug-likeness (QED) is 0.423. The lowest BCUT2D eigenvalue weighted by atomic mass is 9.98. The van der Waals surface area contributed by atoms with Crippen molar-refractivity contribution < 1.29 is 57.5 Å². The molecule has 12 heteroatoms. The van der Waals surface area contributed by atoms with E-state index >= 15 is 0 Å². The van der Waals surface area contributed by atoms with Crippen LogP contribution in [0.15, 0.2) is 24.3 Å². The topological polar surface area (TPSA) is 161 Å². The van der Waals surface area contributed by atoms with Gasteiger partial charge in [0.25, 0.3) is 0 Å². The zero-order valence-corrected chi connectivity index (χ0v) is 18.3. The summed E-state index contributed by atoms with van der Waals surface area (Å²) in [5.41, 5.74) is -0.217. The standard InChI is InChI=1S/C21H24O12/c1-10(22)28-9-16-17(29-11(2)23)18(30-12(3)24)19(31-13(4)25)21(33-16)32-15-8-6-5-7-14(15)20(26)27/h5-8,16-19,21H,9H2,1-4H3,(H,26,27)/t16-,17-,18-,19+,21+/m1/s1. The first-order valence-electron chi connectivity index (χ1n) is 9.79. The van der Waals surface area contributed by atoms with Crippen LogP contribution in [-0.2, 0) is 42.9 Å². The summed E-state index contributed by atoms with van der Waals surface area (Å²) >= 11 is 0. The highest BCUT2D eigenvalue weighted by molar-refractivity contribution is 5.90. The fourth-order valence-electron chi connectivity index (χ4n) is 3.15. The van der Waals surface area contributed by atoms with Gasteiger partial charge in [0, 0.05) is 27.7 Å². The Kier molecular flexibility index (Phi) is 8.74. The van der Waals surface area contributed by atoms with Crippen molar-refractivity contribution in [1.82, 2.24) is 0 Å². The minimum atomic E-state index is -1.52. The monoisotopic (exact) mass is 468 g/mol. The number of carboxylic acid groups (broad SMARTS) is 1. The number of ether oxygens (including phenoxy) is 6. The lowest BCUT2D eigenvalue weighted by molar-refractivity contribution is -0.288. The molecule has 2 rings (SSSR count). The van der Waals surface area contributed by atoms with Crippen LogP contribution in [0.25, 0.3) is 0 Å². The third-order valence-corrected chi connectivity index (χ3v) is 4.31. The number of benzene rings is 1. The van der Waals surface area contributed by atoms with Crippen LogP contribution in [0.1, 0.15) is 38.1 Å². The van der Waals surface area contributed by atoms with E-state index in [4.69, 9.17) is 28.4 Å². The number of carbonyl (C=O) groups is 5.